The fourth-order valence-electron chi connectivity index (χ4n) is 2.33. The van der Waals surface area contributed by atoms with E-state index in [1.54, 1.807) is 11.8 Å². The maximum atomic E-state index is 12.5. The molecule has 2 aromatic rings. The average molecular weight is 343 g/mol. The van der Waals surface area contributed by atoms with Crippen molar-refractivity contribution < 1.29 is 22.6 Å². The standard InChI is InChI=1S/C16H20F3N3O2/c1-11-14(15(23-3)22(2)21-11)10-20-8-9-24-13-6-4-12(5-7-13)16(17,18)19/h4-7,20H,8-10H2,1-3H3. The van der Waals surface area contributed by atoms with Crippen LogP contribution in [-0.2, 0) is 19.8 Å². The van der Waals surface area contributed by atoms with Crippen LogP contribution in [0.2, 0.25) is 0 Å². The number of aromatic nitrogens is 2. The predicted octanol–water partition coefficient (Wildman–Crippen LogP) is 2.92. The summed E-state index contributed by atoms with van der Waals surface area (Å²) in [4.78, 5) is 0. The van der Waals surface area contributed by atoms with Crippen molar-refractivity contribution in [2.75, 3.05) is 20.3 Å². The van der Waals surface area contributed by atoms with Crippen LogP contribution in [0.3, 0.4) is 0 Å². The smallest absolute Gasteiger partial charge is 0.416 e. The van der Waals surface area contributed by atoms with E-state index in [1.165, 1.54) is 12.1 Å². The first-order chi connectivity index (χ1) is 11.3. The van der Waals surface area contributed by atoms with Crippen LogP contribution in [0.15, 0.2) is 24.3 Å². The Hall–Kier alpha value is -2.22. The number of hydrogen-bond acceptors (Lipinski definition) is 4. The summed E-state index contributed by atoms with van der Waals surface area (Å²) in [6.07, 6.45) is -4.33. The van der Waals surface area contributed by atoms with Crippen molar-refractivity contribution >= 4 is 0 Å². The first-order valence-corrected chi connectivity index (χ1v) is 7.40. The monoisotopic (exact) mass is 343 g/mol. The minimum Gasteiger partial charge on any atom is -0.492 e. The molecule has 0 amide bonds. The molecule has 0 aliphatic rings. The largest absolute Gasteiger partial charge is 0.492 e. The van der Waals surface area contributed by atoms with E-state index in [1.807, 2.05) is 14.0 Å². The van der Waals surface area contributed by atoms with Gasteiger partial charge in [-0.3, -0.25) is 0 Å². The van der Waals surface area contributed by atoms with Crippen molar-refractivity contribution in [3.8, 4) is 11.6 Å². The molecule has 0 saturated heterocycles. The Balaban J connectivity index is 1.78. The maximum absolute atomic E-state index is 12.5. The zero-order valence-corrected chi connectivity index (χ0v) is 13.8. The highest BCUT2D eigenvalue weighted by Crippen LogP contribution is 2.30. The number of hydrogen-bond donors (Lipinski definition) is 1. The third-order valence-corrected chi connectivity index (χ3v) is 3.51. The van der Waals surface area contributed by atoms with Gasteiger partial charge >= 0.3 is 6.18 Å². The van der Waals surface area contributed by atoms with Crippen LogP contribution in [0.25, 0.3) is 0 Å². The maximum Gasteiger partial charge on any atom is 0.416 e. The van der Waals surface area contributed by atoms with E-state index in [-0.39, 0.29) is 0 Å². The van der Waals surface area contributed by atoms with Gasteiger partial charge in [-0.05, 0) is 31.2 Å². The Labute approximate surface area is 138 Å². The van der Waals surface area contributed by atoms with Gasteiger partial charge in [-0.25, -0.2) is 4.68 Å². The molecular formula is C16H20F3N3O2. The molecule has 8 heteroatoms. The molecule has 24 heavy (non-hydrogen) atoms. The Bertz CT molecular complexity index is 666. The Kier molecular flexibility index (Phi) is 5.71. The summed E-state index contributed by atoms with van der Waals surface area (Å²) in [5, 5.41) is 7.48. The Morgan fingerprint density at radius 2 is 1.88 bits per heavy atom. The quantitative estimate of drug-likeness (QED) is 0.786. The van der Waals surface area contributed by atoms with Crippen molar-refractivity contribution in [2.24, 2.45) is 7.05 Å². The summed E-state index contributed by atoms with van der Waals surface area (Å²) in [6.45, 7) is 3.35. The van der Waals surface area contributed by atoms with Crippen molar-refractivity contribution in [1.82, 2.24) is 15.1 Å². The summed E-state index contributed by atoms with van der Waals surface area (Å²) >= 11 is 0. The van der Waals surface area contributed by atoms with Gasteiger partial charge in [0.2, 0.25) is 5.88 Å². The van der Waals surface area contributed by atoms with Crippen LogP contribution in [0, 0.1) is 6.92 Å². The number of nitrogens with one attached hydrogen (secondary N) is 1. The lowest BCUT2D eigenvalue weighted by Crippen LogP contribution is -2.21. The minimum absolute atomic E-state index is 0.340. The van der Waals surface area contributed by atoms with E-state index < -0.39 is 11.7 Å². The molecule has 1 heterocycles. The van der Waals surface area contributed by atoms with Gasteiger partial charge in [-0.1, -0.05) is 0 Å². The molecular weight excluding hydrogens is 323 g/mol. The zero-order valence-electron chi connectivity index (χ0n) is 13.8. The number of halogens is 3. The molecule has 0 bridgehead atoms. The first-order valence-electron chi connectivity index (χ1n) is 7.40. The molecule has 5 nitrogen and oxygen atoms in total. The van der Waals surface area contributed by atoms with Gasteiger partial charge in [0.05, 0.1) is 23.9 Å². The second-order valence-electron chi connectivity index (χ2n) is 5.24. The van der Waals surface area contributed by atoms with E-state index in [0.29, 0.717) is 31.3 Å². The van der Waals surface area contributed by atoms with Crippen LogP contribution in [0.5, 0.6) is 11.6 Å². The van der Waals surface area contributed by atoms with Crippen LogP contribution in [0.4, 0.5) is 13.2 Å². The van der Waals surface area contributed by atoms with Crippen LogP contribution in [-0.4, -0.2) is 30.0 Å². The fraction of sp³-hybridized carbons (Fsp3) is 0.438. The lowest BCUT2D eigenvalue weighted by Gasteiger charge is -2.10. The number of ether oxygens (including phenoxy) is 2. The van der Waals surface area contributed by atoms with Crippen molar-refractivity contribution in [3.05, 3.63) is 41.1 Å². The van der Waals surface area contributed by atoms with E-state index in [9.17, 15) is 13.2 Å². The van der Waals surface area contributed by atoms with Crippen LogP contribution in [0.1, 0.15) is 16.8 Å². The first kappa shape index (κ1) is 18.1. The molecule has 0 aliphatic heterocycles. The second kappa shape index (κ2) is 7.57. The second-order valence-corrected chi connectivity index (χ2v) is 5.24. The lowest BCUT2D eigenvalue weighted by molar-refractivity contribution is -0.137. The molecule has 132 valence electrons. The molecule has 1 aromatic carbocycles. The summed E-state index contributed by atoms with van der Waals surface area (Å²) in [5.74, 6) is 1.10. The summed E-state index contributed by atoms with van der Waals surface area (Å²) in [7, 11) is 3.40. The van der Waals surface area contributed by atoms with Gasteiger partial charge in [-0.2, -0.15) is 18.3 Å². The topological polar surface area (TPSA) is 48.3 Å². The Morgan fingerprint density at radius 3 is 2.46 bits per heavy atom. The molecule has 0 spiro atoms. The fourth-order valence-corrected chi connectivity index (χ4v) is 2.33. The molecule has 0 unspecified atom stereocenters. The van der Waals surface area contributed by atoms with Crippen molar-refractivity contribution in [1.29, 1.82) is 0 Å². The van der Waals surface area contributed by atoms with Crippen LogP contribution < -0.4 is 14.8 Å². The minimum atomic E-state index is -4.33. The third kappa shape index (κ3) is 4.41. The number of aryl methyl sites for hydroxylation is 2. The molecule has 0 atom stereocenters. The molecule has 0 aliphatic carbocycles. The average Bonchev–Trinajstić information content (AvgIpc) is 2.79. The highest BCUT2D eigenvalue weighted by Gasteiger charge is 2.29. The third-order valence-electron chi connectivity index (χ3n) is 3.51. The van der Waals surface area contributed by atoms with E-state index in [0.717, 1.165) is 23.4 Å². The summed E-state index contributed by atoms with van der Waals surface area (Å²) in [6, 6.07) is 4.65. The van der Waals surface area contributed by atoms with Crippen molar-refractivity contribution in [3.63, 3.8) is 0 Å². The number of nitrogens with zero attached hydrogens (tertiary/aromatic N) is 2. The van der Waals surface area contributed by atoms with E-state index in [4.69, 9.17) is 9.47 Å². The molecule has 1 N–H and O–H groups in total. The normalized spacial score (nSPS) is 11.6. The number of alkyl halides is 3. The zero-order chi connectivity index (χ0) is 17.7. The molecule has 2 rings (SSSR count). The molecule has 0 radical (unpaired) electrons. The number of methoxy groups -OCH3 is 1. The summed E-state index contributed by atoms with van der Waals surface area (Å²) in [5.41, 5.74) is 1.16. The molecule has 0 fully saturated rings. The van der Waals surface area contributed by atoms with Gasteiger partial charge in [0.25, 0.3) is 0 Å². The highest BCUT2D eigenvalue weighted by atomic mass is 19.4. The van der Waals surface area contributed by atoms with Gasteiger partial charge in [0.15, 0.2) is 0 Å². The molecule has 0 saturated carbocycles. The van der Waals surface area contributed by atoms with Gasteiger partial charge in [-0.15, -0.1) is 0 Å². The van der Waals surface area contributed by atoms with Crippen molar-refractivity contribution in [2.45, 2.75) is 19.6 Å². The van der Waals surface area contributed by atoms with Gasteiger partial charge in [0, 0.05) is 20.1 Å². The molecule has 1 aromatic heterocycles. The van der Waals surface area contributed by atoms with E-state index >= 15 is 0 Å². The lowest BCUT2D eigenvalue weighted by atomic mass is 10.2. The number of benzene rings is 1. The number of rotatable bonds is 7. The van der Waals surface area contributed by atoms with Crippen LogP contribution >= 0.6 is 0 Å². The highest BCUT2D eigenvalue weighted by molar-refractivity contribution is 5.31. The van der Waals surface area contributed by atoms with E-state index in [2.05, 4.69) is 10.4 Å². The Morgan fingerprint density at radius 1 is 1.21 bits per heavy atom. The van der Waals surface area contributed by atoms with Gasteiger partial charge in [0.1, 0.15) is 12.4 Å². The predicted molar refractivity (Wildman–Crippen MR) is 83.1 cm³/mol. The summed E-state index contributed by atoms with van der Waals surface area (Å²) < 4.78 is 49.8. The SMILES string of the molecule is COc1c(CNCCOc2ccc(C(F)(F)F)cc2)c(C)nn1C. The van der Waals surface area contributed by atoms with Gasteiger partial charge < -0.3 is 14.8 Å².